The number of nitrogens with zero attached hydrogens (tertiary/aromatic N) is 1. The van der Waals surface area contributed by atoms with Gasteiger partial charge in [-0.25, -0.2) is 4.98 Å². The smallest absolute Gasteiger partial charge is 0.248 e. The zero-order valence-corrected chi connectivity index (χ0v) is 18.7. The van der Waals surface area contributed by atoms with Crippen LogP contribution in [0.3, 0.4) is 0 Å². The van der Waals surface area contributed by atoms with Crippen LogP contribution >= 0.6 is 0 Å². The minimum absolute atomic E-state index is 0.241. The van der Waals surface area contributed by atoms with Gasteiger partial charge in [-0.15, -0.1) is 0 Å². The molecule has 1 heterocycles. The third-order valence-electron chi connectivity index (χ3n) is 5.23. The Balaban J connectivity index is 1.48. The number of oxazole rings is 1. The van der Waals surface area contributed by atoms with E-state index in [1.807, 2.05) is 42.5 Å². The third kappa shape index (κ3) is 5.13. The molecule has 0 unspecified atom stereocenters. The molecule has 4 aromatic rings. The molecule has 4 rings (SSSR count). The van der Waals surface area contributed by atoms with Crippen LogP contribution in [-0.4, -0.2) is 25.1 Å². The summed E-state index contributed by atoms with van der Waals surface area (Å²) >= 11 is 0. The molecular formula is C27H24N2O4. The molecule has 1 N–H and O–H groups in total. The molecule has 1 aromatic heterocycles. The molecule has 33 heavy (non-hydrogen) atoms. The van der Waals surface area contributed by atoms with Gasteiger partial charge in [-0.2, -0.15) is 0 Å². The highest BCUT2D eigenvalue weighted by Gasteiger charge is 2.09. The summed E-state index contributed by atoms with van der Waals surface area (Å²) in [7, 11) is 3.18. The zero-order chi connectivity index (χ0) is 23.2. The number of carbonyl (C=O) groups excluding carboxylic acids is 1. The molecule has 166 valence electrons. The summed E-state index contributed by atoms with van der Waals surface area (Å²) < 4.78 is 16.0. The van der Waals surface area contributed by atoms with Crippen LogP contribution in [0.4, 0.5) is 5.69 Å². The fourth-order valence-corrected chi connectivity index (χ4v) is 3.48. The van der Waals surface area contributed by atoms with E-state index in [0.29, 0.717) is 23.1 Å². The molecule has 6 heteroatoms. The highest BCUT2D eigenvalue weighted by Crippen LogP contribution is 2.30. The van der Waals surface area contributed by atoms with E-state index >= 15 is 0 Å². The summed E-state index contributed by atoms with van der Waals surface area (Å²) in [6, 6.07) is 19.2. The van der Waals surface area contributed by atoms with Gasteiger partial charge in [0.25, 0.3) is 0 Å². The second-order valence-corrected chi connectivity index (χ2v) is 7.37. The van der Waals surface area contributed by atoms with Gasteiger partial charge < -0.3 is 19.2 Å². The van der Waals surface area contributed by atoms with E-state index < -0.39 is 0 Å². The van der Waals surface area contributed by atoms with Crippen molar-refractivity contribution >= 4 is 17.7 Å². The Hall–Kier alpha value is -4.32. The number of hydrogen-bond acceptors (Lipinski definition) is 5. The molecule has 0 saturated carbocycles. The minimum Gasteiger partial charge on any atom is -0.497 e. The van der Waals surface area contributed by atoms with Crippen LogP contribution in [-0.2, 0) is 4.79 Å². The van der Waals surface area contributed by atoms with Crippen LogP contribution in [0.15, 0.2) is 83.6 Å². The Morgan fingerprint density at radius 2 is 1.76 bits per heavy atom. The number of hydrogen-bond donors (Lipinski definition) is 1. The fraction of sp³-hybridized carbons (Fsp3) is 0.111. The lowest BCUT2D eigenvalue weighted by Crippen LogP contribution is -2.07. The van der Waals surface area contributed by atoms with Gasteiger partial charge in [0.15, 0.2) is 0 Å². The van der Waals surface area contributed by atoms with Crippen LogP contribution in [0.2, 0.25) is 0 Å². The maximum absolute atomic E-state index is 12.4. The Kier molecular flexibility index (Phi) is 6.55. The summed E-state index contributed by atoms with van der Waals surface area (Å²) in [4.78, 5) is 16.7. The normalized spacial score (nSPS) is 10.9. The van der Waals surface area contributed by atoms with Gasteiger partial charge in [-0.05, 0) is 72.2 Å². The van der Waals surface area contributed by atoms with Crippen molar-refractivity contribution in [2.75, 3.05) is 19.5 Å². The summed E-state index contributed by atoms with van der Waals surface area (Å²) in [6.45, 7) is 2.06. The molecular weight excluding hydrogens is 416 g/mol. The number of nitrogens with one attached hydrogen (secondary N) is 1. The molecule has 0 aliphatic carbocycles. The number of carbonyl (C=O) groups is 1. The van der Waals surface area contributed by atoms with Crippen molar-refractivity contribution in [2.24, 2.45) is 0 Å². The first-order chi connectivity index (χ1) is 16.1. The Bertz CT molecular complexity index is 1280. The van der Waals surface area contributed by atoms with Gasteiger partial charge in [-0.3, -0.25) is 4.79 Å². The minimum atomic E-state index is -0.241. The van der Waals surface area contributed by atoms with E-state index in [1.54, 1.807) is 44.9 Å². The van der Waals surface area contributed by atoms with Crippen molar-refractivity contribution < 1.29 is 18.7 Å². The molecule has 0 bridgehead atoms. The standard InChI is InChI=1S/C27H24N2O4/c1-18-4-5-21(27-28-14-15-33-27)17-24(18)19-6-9-22(10-7-19)29-26(30)13-8-20-16-23(31-2)11-12-25(20)32-3/h4-17H,1-3H3,(H,29,30). The summed E-state index contributed by atoms with van der Waals surface area (Å²) in [6.07, 6.45) is 6.36. The van der Waals surface area contributed by atoms with Gasteiger partial charge >= 0.3 is 0 Å². The maximum atomic E-state index is 12.4. The van der Waals surface area contributed by atoms with E-state index in [1.165, 1.54) is 6.08 Å². The number of aryl methyl sites for hydroxylation is 1. The van der Waals surface area contributed by atoms with Gasteiger partial charge in [0.05, 0.1) is 20.4 Å². The van der Waals surface area contributed by atoms with Crippen molar-refractivity contribution in [1.82, 2.24) is 4.98 Å². The summed E-state index contributed by atoms with van der Waals surface area (Å²) in [5.74, 6) is 1.69. The lowest BCUT2D eigenvalue weighted by atomic mass is 9.98. The van der Waals surface area contributed by atoms with Gasteiger partial charge in [0, 0.05) is 22.9 Å². The topological polar surface area (TPSA) is 73.6 Å². The molecule has 0 atom stereocenters. The number of methoxy groups -OCH3 is 2. The number of aromatic nitrogens is 1. The van der Waals surface area contributed by atoms with E-state index in [-0.39, 0.29) is 5.91 Å². The molecule has 0 aliphatic rings. The van der Waals surface area contributed by atoms with Crippen LogP contribution in [0.25, 0.3) is 28.7 Å². The lowest BCUT2D eigenvalue weighted by Gasteiger charge is -2.09. The lowest BCUT2D eigenvalue weighted by molar-refractivity contribution is -0.111. The molecule has 6 nitrogen and oxygen atoms in total. The molecule has 0 fully saturated rings. The van der Waals surface area contributed by atoms with Crippen molar-refractivity contribution in [3.05, 3.63) is 90.3 Å². The van der Waals surface area contributed by atoms with Gasteiger partial charge in [0.2, 0.25) is 11.8 Å². The van der Waals surface area contributed by atoms with Crippen LogP contribution in [0, 0.1) is 6.92 Å². The fourth-order valence-electron chi connectivity index (χ4n) is 3.48. The van der Waals surface area contributed by atoms with Crippen LogP contribution in [0.1, 0.15) is 11.1 Å². The molecule has 1 amide bonds. The summed E-state index contributed by atoms with van der Waals surface area (Å²) in [5, 5.41) is 2.88. The second-order valence-electron chi connectivity index (χ2n) is 7.37. The Labute approximate surface area is 192 Å². The van der Waals surface area contributed by atoms with Crippen LogP contribution in [0.5, 0.6) is 11.5 Å². The quantitative estimate of drug-likeness (QED) is 0.358. The SMILES string of the molecule is COc1ccc(OC)c(C=CC(=O)Nc2ccc(-c3cc(-c4ncco4)ccc3C)cc2)c1. The van der Waals surface area contributed by atoms with Crippen molar-refractivity contribution in [3.63, 3.8) is 0 Å². The first kappa shape index (κ1) is 21.9. The number of rotatable bonds is 7. The maximum Gasteiger partial charge on any atom is 0.248 e. The summed E-state index contributed by atoms with van der Waals surface area (Å²) in [5.41, 5.74) is 5.62. The van der Waals surface area contributed by atoms with E-state index in [9.17, 15) is 4.79 Å². The van der Waals surface area contributed by atoms with Gasteiger partial charge in [0.1, 0.15) is 17.8 Å². The van der Waals surface area contributed by atoms with E-state index in [4.69, 9.17) is 13.9 Å². The highest BCUT2D eigenvalue weighted by molar-refractivity contribution is 6.02. The van der Waals surface area contributed by atoms with Gasteiger partial charge in [-0.1, -0.05) is 18.2 Å². The van der Waals surface area contributed by atoms with E-state index in [2.05, 4.69) is 23.3 Å². The Morgan fingerprint density at radius 1 is 0.970 bits per heavy atom. The van der Waals surface area contributed by atoms with E-state index in [0.717, 1.165) is 27.8 Å². The monoisotopic (exact) mass is 440 g/mol. The van der Waals surface area contributed by atoms with Crippen molar-refractivity contribution in [1.29, 1.82) is 0 Å². The average molecular weight is 440 g/mol. The molecule has 0 radical (unpaired) electrons. The van der Waals surface area contributed by atoms with Crippen LogP contribution < -0.4 is 14.8 Å². The predicted molar refractivity (Wildman–Crippen MR) is 129 cm³/mol. The number of amides is 1. The number of benzene rings is 3. The first-order valence-corrected chi connectivity index (χ1v) is 10.4. The Morgan fingerprint density at radius 3 is 2.45 bits per heavy atom. The largest absolute Gasteiger partial charge is 0.497 e. The molecule has 0 saturated heterocycles. The molecule has 0 aliphatic heterocycles. The molecule has 3 aromatic carbocycles. The number of anilines is 1. The van der Waals surface area contributed by atoms with Crippen molar-refractivity contribution in [2.45, 2.75) is 6.92 Å². The third-order valence-corrected chi connectivity index (χ3v) is 5.23. The zero-order valence-electron chi connectivity index (χ0n) is 18.7. The van der Waals surface area contributed by atoms with Crippen molar-refractivity contribution in [3.8, 4) is 34.1 Å². The second kappa shape index (κ2) is 9.87. The average Bonchev–Trinajstić information content (AvgIpc) is 3.38. The highest BCUT2D eigenvalue weighted by atomic mass is 16.5. The molecule has 0 spiro atoms. The first-order valence-electron chi connectivity index (χ1n) is 10.4. The predicted octanol–water partition coefficient (Wildman–Crippen LogP) is 5.99. The number of ether oxygens (including phenoxy) is 2.